The molecule has 2 fully saturated rings. The van der Waals surface area contributed by atoms with E-state index >= 15 is 0 Å². The van der Waals surface area contributed by atoms with Gasteiger partial charge in [-0.3, -0.25) is 14.4 Å². The lowest BCUT2D eigenvalue weighted by molar-refractivity contribution is -0.142. The SMILES string of the molecule is Cn1cc([C@H](O)C(=O)N2CCC[C@H](CN3CCOCC3)C2)cn1. The van der Waals surface area contributed by atoms with E-state index in [-0.39, 0.29) is 5.91 Å². The zero-order valence-corrected chi connectivity index (χ0v) is 13.7. The van der Waals surface area contributed by atoms with Crippen molar-refractivity contribution < 1.29 is 14.6 Å². The van der Waals surface area contributed by atoms with Crippen LogP contribution in [0.15, 0.2) is 12.4 Å². The lowest BCUT2D eigenvalue weighted by Crippen LogP contribution is -2.47. The fraction of sp³-hybridized carbons (Fsp3) is 0.750. The summed E-state index contributed by atoms with van der Waals surface area (Å²) in [5.74, 6) is 0.275. The molecule has 7 nitrogen and oxygen atoms in total. The maximum absolute atomic E-state index is 12.6. The Balaban J connectivity index is 1.55. The van der Waals surface area contributed by atoms with E-state index in [4.69, 9.17) is 4.74 Å². The molecule has 0 spiro atoms. The third-order valence-electron chi connectivity index (χ3n) is 4.73. The van der Waals surface area contributed by atoms with Gasteiger partial charge in [-0.15, -0.1) is 0 Å². The first-order valence-electron chi connectivity index (χ1n) is 8.39. The second-order valence-corrected chi connectivity index (χ2v) is 6.56. The Kier molecular flexibility index (Phi) is 5.30. The summed E-state index contributed by atoms with van der Waals surface area (Å²) in [6.45, 7) is 6.02. The van der Waals surface area contributed by atoms with Gasteiger partial charge in [0, 0.05) is 51.5 Å². The number of aryl methyl sites for hydroxylation is 1. The van der Waals surface area contributed by atoms with Crippen molar-refractivity contribution >= 4 is 5.91 Å². The van der Waals surface area contributed by atoms with E-state index in [1.54, 1.807) is 24.1 Å². The average Bonchev–Trinajstić information content (AvgIpc) is 3.01. The van der Waals surface area contributed by atoms with E-state index in [1.807, 2.05) is 4.90 Å². The molecule has 1 aromatic heterocycles. The number of likely N-dealkylation sites (tertiary alicyclic amines) is 1. The minimum atomic E-state index is -1.11. The monoisotopic (exact) mass is 322 g/mol. The summed E-state index contributed by atoms with van der Waals surface area (Å²) in [4.78, 5) is 16.8. The highest BCUT2D eigenvalue weighted by atomic mass is 16.5. The zero-order chi connectivity index (χ0) is 16.2. The highest BCUT2D eigenvalue weighted by Gasteiger charge is 2.30. The minimum absolute atomic E-state index is 0.204. The van der Waals surface area contributed by atoms with E-state index in [0.29, 0.717) is 11.5 Å². The van der Waals surface area contributed by atoms with Gasteiger partial charge >= 0.3 is 0 Å². The number of ether oxygens (including phenoxy) is 1. The Bertz CT molecular complexity index is 527. The first-order chi connectivity index (χ1) is 11.1. The summed E-state index contributed by atoms with van der Waals surface area (Å²) >= 11 is 0. The molecule has 2 aliphatic heterocycles. The molecule has 0 radical (unpaired) electrons. The second-order valence-electron chi connectivity index (χ2n) is 6.56. The molecular weight excluding hydrogens is 296 g/mol. The van der Waals surface area contributed by atoms with Crippen LogP contribution in [-0.2, 0) is 16.6 Å². The first-order valence-corrected chi connectivity index (χ1v) is 8.39. The molecular formula is C16H26N4O3. The molecule has 7 heteroatoms. The number of piperidine rings is 1. The van der Waals surface area contributed by atoms with Crippen LogP contribution in [0, 0.1) is 5.92 Å². The molecule has 0 saturated carbocycles. The smallest absolute Gasteiger partial charge is 0.256 e. The van der Waals surface area contributed by atoms with Crippen LogP contribution in [0.1, 0.15) is 24.5 Å². The van der Waals surface area contributed by atoms with Gasteiger partial charge in [0.1, 0.15) is 0 Å². The highest BCUT2D eigenvalue weighted by molar-refractivity contribution is 5.82. The van der Waals surface area contributed by atoms with Crippen molar-refractivity contribution in [1.29, 1.82) is 0 Å². The van der Waals surface area contributed by atoms with Crippen molar-refractivity contribution in [2.45, 2.75) is 18.9 Å². The standard InChI is InChI=1S/C16H26N4O3/c1-18-12-14(9-17-18)15(21)16(22)20-4-2-3-13(11-20)10-19-5-7-23-8-6-19/h9,12-13,15,21H,2-8,10-11H2,1H3/t13-,15+/m1/s1. The van der Waals surface area contributed by atoms with Crippen LogP contribution < -0.4 is 0 Å². The highest BCUT2D eigenvalue weighted by Crippen LogP contribution is 2.22. The lowest BCUT2D eigenvalue weighted by atomic mass is 9.96. The predicted octanol–water partition coefficient (Wildman–Crippen LogP) is 0.0243. The predicted molar refractivity (Wildman–Crippen MR) is 84.7 cm³/mol. The maximum Gasteiger partial charge on any atom is 0.256 e. The van der Waals surface area contributed by atoms with E-state index in [9.17, 15) is 9.90 Å². The van der Waals surface area contributed by atoms with Crippen LogP contribution >= 0.6 is 0 Å². The number of hydrogen-bond acceptors (Lipinski definition) is 5. The number of aliphatic hydroxyl groups excluding tert-OH is 1. The number of aromatic nitrogens is 2. The number of amides is 1. The number of hydrogen-bond donors (Lipinski definition) is 1. The number of morpholine rings is 1. The van der Waals surface area contributed by atoms with Crippen molar-refractivity contribution in [3.05, 3.63) is 18.0 Å². The molecule has 0 aromatic carbocycles. The van der Waals surface area contributed by atoms with E-state index in [0.717, 1.165) is 58.8 Å². The molecule has 2 atom stereocenters. The third kappa shape index (κ3) is 4.10. The third-order valence-corrected chi connectivity index (χ3v) is 4.73. The van der Waals surface area contributed by atoms with Crippen LogP contribution in [0.3, 0.4) is 0 Å². The molecule has 0 unspecified atom stereocenters. The maximum atomic E-state index is 12.6. The summed E-state index contributed by atoms with van der Waals surface area (Å²) < 4.78 is 6.98. The van der Waals surface area contributed by atoms with Crippen molar-refractivity contribution in [3.63, 3.8) is 0 Å². The number of carbonyl (C=O) groups excluding carboxylic acids is 1. The summed E-state index contributed by atoms with van der Waals surface area (Å²) in [5.41, 5.74) is 0.563. The molecule has 128 valence electrons. The number of aliphatic hydroxyl groups is 1. The van der Waals surface area contributed by atoms with Crippen molar-refractivity contribution in [1.82, 2.24) is 19.6 Å². The van der Waals surface area contributed by atoms with Crippen LogP contribution in [0.4, 0.5) is 0 Å². The van der Waals surface area contributed by atoms with Crippen LogP contribution in [0.2, 0.25) is 0 Å². The quantitative estimate of drug-likeness (QED) is 0.846. The molecule has 1 amide bonds. The molecule has 0 bridgehead atoms. The fourth-order valence-electron chi connectivity index (χ4n) is 3.46. The van der Waals surface area contributed by atoms with E-state index < -0.39 is 6.10 Å². The molecule has 23 heavy (non-hydrogen) atoms. The van der Waals surface area contributed by atoms with E-state index in [2.05, 4.69) is 10.00 Å². The Morgan fingerprint density at radius 3 is 2.91 bits per heavy atom. The van der Waals surface area contributed by atoms with Crippen LogP contribution in [0.25, 0.3) is 0 Å². The number of nitrogens with zero attached hydrogens (tertiary/aromatic N) is 4. The summed E-state index contributed by atoms with van der Waals surface area (Å²) in [7, 11) is 1.78. The van der Waals surface area contributed by atoms with Gasteiger partial charge in [0.05, 0.1) is 19.4 Å². The summed E-state index contributed by atoms with van der Waals surface area (Å²) in [5, 5.41) is 14.3. The topological polar surface area (TPSA) is 70.8 Å². The molecule has 0 aliphatic carbocycles. The lowest BCUT2D eigenvalue weighted by Gasteiger charge is -2.37. The Morgan fingerprint density at radius 2 is 2.22 bits per heavy atom. The van der Waals surface area contributed by atoms with Crippen LogP contribution in [-0.4, -0.2) is 76.5 Å². The summed E-state index contributed by atoms with van der Waals surface area (Å²) in [6.07, 6.45) is 4.28. The van der Waals surface area contributed by atoms with Gasteiger partial charge in [-0.1, -0.05) is 0 Å². The largest absolute Gasteiger partial charge is 0.379 e. The normalized spacial score (nSPS) is 24.6. The number of rotatable bonds is 4. The zero-order valence-electron chi connectivity index (χ0n) is 13.7. The first kappa shape index (κ1) is 16.4. The molecule has 1 N–H and O–H groups in total. The molecule has 3 rings (SSSR count). The number of carbonyl (C=O) groups is 1. The Labute approximate surface area is 136 Å². The molecule has 3 heterocycles. The van der Waals surface area contributed by atoms with Gasteiger partial charge in [0.15, 0.2) is 6.10 Å². The van der Waals surface area contributed by atoms with E-state index in [1.165, 1.54) is 0 Å². The molecule has 2 aliphatic rings. The fourth-order valence-corrected chi connectivity index (χ4v) is 3.46. The second kappa shape index (κ2) is 7.42. The van der Waals surface area contributed by atoms with Crippen LogP contribution in [0.5, 0.6) is 0 Å². The summed E-state index contributed by atoms with van der Waals surface area (Å²) in [6, 6.07) is 0. The minimum Gasteiger partial charge on any atom is -0.379 e. The molecule has 2 saturated heterocycles. The van der Waals surface area contributed by atoms with Crippen molar-refractivity contribution in [3.8, 4) is 0 Å². The van der Waals surface area contributed by atoms with Gasteiger partial charge in [-0.25, -0.2) is 0 Å². The van der Waals surface area contributed by atoms with Crippen molar-refractivity contribution in [2.24, 2.45) is 13.0 Å². The van der Waals surface area contributed by atoms with Gasteiger partial charge in [-0.2, -0.15) is 5.10 Å². The van der Waals surface area contributed by atoms with Gasteiger partial charge in [-0.05, 0) is 18.8 Å². The Hall–Kier alpha value is -1.44. The average molecular weight is 322 g/mol. The Morgan fingerprint density at radius 1 is 1.43 bits per heavy atom. The van der Waals surface area contributed by atoms with Gasteiger partial charge in [0.2, 0.25) is 0 Å². The van der Waals surface area contributed by atoms with Crippen molar-refractivity contribution in [2.75, 3.05) is 45.9 Å². The van der Waals surface area contributed by atoms with Gasteiger partial charge < -0.3 is 14.7 Å². The molecule has 1 aromatic rings. The van der Waals surface area contributed by atoms with Gasteiger partial charge in [0.25, 0.3) is 5.91 Å².